The Bertz CT molecular complexity index is 396. The topological polar surface area (TPSA) is 39.2 Å². The second kappa shape index (κ2) is 4.53. The van der Waals surface area contributed by atoms with Crippen LogP contribution in [0.25, 0.3) is 0 Å². The fraction of sp³-hybridized carbons (Fsp3) is 0.333. The first-order valence-electron chi connectivity index (χ1n) is 4.00. The van der Waals surface area contributed by atoms with E-state index in [0.29, 0.717) is 0 Å². The lowest BCUT2D eigenvalue weighted by atomic mass is 10.1. The van der Waals surface area contributed by atoms with Crippen LogP contribution in [-0.2, 0) is 4.74 Å². The van der Waals surface area contributed by atoms with Gasteiger partial charge >= 0.3 is 5.97 Å². The van der Waals surface area contributed by atoms with Gasteiger partial charge in [0.15, 0.2) is 0 Å². The van der Waals surface area contributed by atoms with Gasteiger partial charge in [-0.05, 0) is 6.92 Å². The molecule has 3 nitrogen and oxygen atoms in total. The third-order valence-electron chi connectivity index (χ3n) is 1.87. The van der Waals surface area contributed by atoms with Gasteiger partial charge in [-0.2, -0.15) is 0 Å². The monoisotopic (exact) mass is 235 g/mol. The van der Waals surface area contributed by atoms with Crippen molar-refractivity contribution < 1.29 is 18.3 Å². The molecule has 0 N–H and O–H groups in total. The Morgan fingerprint density at radius 2 is 2.20 bits per heavy atom. The zero-order valence-corrected chi connectivity index (χ0v) is 8.81. The summed E-state index contributed by atoms with van der Waals surface area (Å²) >= 11 is 5.66. The molecular formula is C9H8ClF2NO2. The third kappa shape index (κ3) is 2.23. The number of pyridine rings is 1. The van der Waals surface area contributed by atoms with Crippen molar-refractivity contribution in [2.45, 2.75) is 13.3 Å². The fourth-order valence-electron chi connectivity index (χ4n) is 1.10. The number of alkyl halides is 2. The summed E-state index contributed by atoms with van der Waals surface area (Å²) in [5.74, 6) is -0.783. The van der Waals surface area contributed by atoms with Crippen molar-refractivity contribution in [2.75, 3.05) is 7.11 Å². The molecule has 15 heavy (non-hydrogen) atoms. The van der Waals surface area contributed by atoms with Crippen molar-refractivity contribution in [1.29, 1.82) is 0 Å². The smallest absolute Gasteiger partial charge is 0.340 e. The van der Waals surface area contributed by atoms with Gasteiger partial charge in [0, 0.05) is 11.9 Å². The maximum atomic E-state index is 12.6. The van der Waals surface area contributed by atoms with Crippen LogP contribution in [0.15, 0.2) is 6.20 Å². The number of carbonyl (C=O) groups excluding carboxylic acids is 1. The van der Waals surface area contributed by atoms with E-state index in [9.17, 15) is 13.6 Å². The Balaban J connectivity index is 3.35. The van der Waals surface area contributed by atoms with Crippen LogP contribution in [0.5, 0.6) is 0 Å². The van der Waals surface area contributed by atoms with Crippen LogP contribution in [0.1, 0.15) is 28.0 Å². The molecule has 0 atom stereocenters. The average molecular weight is 236 g/mol. The number of ether oxygens (including phenoxy) is 1. The summed E-state index contributed by atoms with van der Waals surface area (Å²) in [5.41, 5.74) is -0.484. The Hall–Kier alpha value is -1.23. The first-order chi connectivity index (χ1) is 6.99. The number of esters is 1. The van der Waals surface area contributed by atoms with Crippen molar-refractivity contribution in [1.82, 2.24) is 4.98 Å². The summed E-state index contributed by atoms with van der Waals surface area (Å²) in [6.45, 7) is 1.40. The van der Waals surface area contributed by atoms with E-state index >= 15 is 0 Å². The Kier molecular flexibility index (Phi) is 3.57. The molecule has 0 saturated heterocycles. The van der Waals surface area contributed by atoms with Crippen LogP contribution < -0.4 is 0 Å². The summed E-state index contributed by atoms with van der Waals surface area (Å²) in [6.07, 6.45) is -1.65. The minimum atomic E-state index is -2.77. The molecule has 0 fully saturated rings. The largest absolute Gasteiger partial charge is 0.465 e. The zero-order valence-electron chi connectivity index (χ0n) is 8.05. The van der Waals surface area contributed by atoms with Gasteiger partial charge in [-0.15, -0.1) is 0 Å². The van der Waals surface area contributed by atoms with E-state index in [2.05, 4.69) is 9.72 Å². The van der Waals surface area contributed by atoms with Crippen LogP contribution in [0.2, 0.25) is 5.02 Å². The Morgan fingerprint density at radius 3 is 2.67 bits per heavy atom. The molecule has 0 radical (unpaired) electrons. The van der Waals surface area contributed by atoms with Gasteiger partial charge in [0.25, 0.3) is 6.43 Å². The Labute approximate surface area is 90.0 Å². The maximum Gasteiger partial charge on any atom is 0.340 e. The van der Waals surface area contributed by atoms with Gasteiger partial charge in [0.2, 0.25) is 0 Å². The number of carbonyl (C=O) groups is 1. The standard InChI is InChI=1S/C9H8ClF2NO2/c1-4-6(8(11)12)7(10)5(3-13-4)9(14)15-2/h3,8H,1-2H3. The van der Waals surface area contributed by atoms with Crippen LogP contribution in [0.3, 0.4) is 0 Å². The molecule has 1 rings (SSSR count). The van der Waals surface area contributed by atoms with Crippen molar-refractivity contribution in [3.05, 3.63) is 28.0 Å². The van der Waals surface area contributed by atoms with E-state index in [1.165, 1.54) is 6.92 Å². The minimum Gasteiger partial charge on any atom is -0.465 e. The predicted molar refractivity (Wildman–Crippen MR) is 50.3 cm³/mol. The highest BCUT2D eigenvalue weighted by Gasteiger charge is 2.22. The summed E-state index contributed by atoms with van der Waals surface area (Å²) in [5, 5.41) is -0.302. The number of aromatic nitrogens is 1. The normalized spacial score (nSPS) is 10.5. The number of hydrogen-bond acceptors (Lipinski definition) is 3. The molecule has 1 heterocycles. The van der Waals surface area contributed by atoms with E-state index in [4.69, 9.17) is 11.6 Å². The van der Waals surface area contributed by atoms with Gasteiger partial charge in [-0.3, -0.25) is 4.98 Å². The number of methoxy groups -OCH3 is 1. The molecule has 0 aromatic carbocycles. The first-order valence-corrected chi connectivity index (χ1v) is 4.38. The van der Waals surface area contributed by atoms with Crippen molar-refractivity contribution in [3.8, 4) is 0 Å². The van der Waals surface area contributed by atoms with Gasteiger partial charge in [0.05, 0.1) is 23.3 Å². The lowest BCUT2D eigenvalue weighted by molar-refractivity contribution is 0.0600. The van der Waals surface area contributed by atoms with E-state index in [0.717, 1.165) is 13.3 Å². The predicted octanol–water partition coefficient (Wildman–Crippen LogP) is 2.77. The first kappa shape index (κ1) is 11.8. The molecule has 0 unspecified atom stereocenters. The van der Waals surface area contributed by atoms with E-state index in [1.807, 2.05) is 0 Å². The number of aryl methyl sites for hydroxylation is 1. The molecule has 0 bridgehead atoms. The molecule has 1 aromatic rings. The van der Waals surface area contributed by atoms with Crippen molar-refractivity contribution >= 4 is 17.6 Å². The molecule has 0 spiro atoms. The molecule has 0 aliphatic rings. The second-order valence-corrected chi connectivity index (χ2v) is 3.16. The highest BCUT2D eigenvalue weighted by atomic mass is 35.5. The number of nitrogens with zero attached hydrogens (tertiary/aromatic N) is 1. The lowest BCUT2D eigenvalue weighted by Crippen LogP contribution is -2.06. The third-order valence-corrected chi connectivity index (χ3v) is 2.28. The minimum absolute atomic E-state index is 0.0997. The fourth-order valence-corrected chi connectivity index (χ4v) is 1.44. The van der Waals surface area contributed by atoms with Crippen LogP contribution >= 0.6 is 11.6 Å². The summed E-state index contributed by atoms with van der Waals surface area (Å²) in [4.78, 5) is 14.8. The SMILES string of the molecule is COC(=O)c1cnc(C)c(C(F)F)c1Cl. The molecule has 0 amide bonds. The summed E-state index contributed by atoms with van der Waals surface area (Å²) in [6, 6.07) is 0. The number of hydrogen-bond donors (Lipinski definition) is 0. The maximum absolute atomic E-state index is 12.6. The van der Waals surface area contributed by atoms with E-state index < -0.39 is 18.0 Å². The van der Waals surface area contributed by atoms with Crippen molar-refractivity contribution in [2.24, 2.45) is 0 Å². The molecule has 0 aliphatic carbocycles. The molecule has 6 heteroatoms. The molecule has 0 aliphatic heterocycles. The summed E-state index contributed by atoms with van der Waals surface area (Å²) in [7, 11) is 1.14. The molecule has 1 aromatic heterocycles. The summed E-state index contributed by atoms with van der Waals surface area (Å²) < 4.78 is 29.5. The van der Waals surface area contributed by atoms with E-state index in [-0.39, 0.29) is 16.3 Å². The molecule has 0 saturated carbocycles. The van der Waals surface area contributed by atoms with Crippen LogP contribution in [0, 0.1) is 6.92 Å². The van der Waals surface area contributed by atoms with Crippen LogP contribution in [0.4, 0.5) is 8.78 Å². The van der Waals surface area contributed by atoms with Gasteiger partial charge in [-0.1, -0.05) is 11.6 Å². The van der Waals surface area contributed by atoms with Gasteiger partial charge in [-0.25, -0.2) is 13.6 Å². The van der Waals surface area contributed by atoms with Gasteiger partial charge in [0.1, 0.15) is 0 Å². The molecular weight excluding hydrogens is 228 g/mol. The zero-order chi connectivity index (χ0) is 11.6. The van der Waals surface area contributed by atoms with Crippen LogP contribution in [-0.4, -0.2) is 18.1 Å². The van der Waals surface area contributed by atoms with E-state index in [1.54, 1.807) is 0 Å². The molecule has 82 valence electrons. The van der Waals surface area contributed by atoms with Gasteiger partial charge < -0.3 is 4.74 Å². The Morgan fingerprint density at radius 1 is 1.60 bits per heavy atom. The second-order valence-electron chi connectivity index (χ2n) is 2.78. The average Bonchev–Trinajstić information content (AvgIpc) is 2.16. The van der Waals surface area contributed by atoms with Crippen molar-refractivity contribution in [3.63, 3.8) is 0 Å². The highest BCUT2D eigenvalue weighted by Crippen LogP contribution is 2.31. The lowest BCUT2D eigenvalue weighted by Gasteiger charge is -2.09. The highest BCUT2D eigenvalue weighted by molar-refractivity contribution is 6.34. The number of halogens is 3. The quantitative estimate of drug-likeness (QED) is 0.740. The number of rotatable bonds is 2.